The largest absolute Gasteiger partial charge is 0.383 e. The van der Waals surface area contributed by atoms with E-state index in [2.05, 4.69) is 0 Å². The number of rotatable bonds is 4. The van der Waals surface area contributed by atoms with Crippen molar-refractivity contribution in [2.24, 2.45) is 0 Å². The summed E-state index contributed by atoms with van der Waals surface area (Å²) < 4.78 is 0. The number of hydrogen-bond donors (Lipinski definition) is 0. The molecule has 0 aromatic rings. The van der Waals surface area contributed by atoms with E-state index < -0.39 is 0 Å². The second-order valence-corrected chi connectivity index (χ2v) is 2.48. The Kier molecular flexibility index (Phi) is 5.17. The van der Waals surface area contributed by atoms with Crippen molar-refractivity contribution >= 4 is 5.78 Å². The molecule has 0 amide bonds. The maximum absolute atomic E-state index is 10.7. The zero-order valence-electron chi connectivity index (χ0n) is 7.37. The molecule has 0 atom stereocenters. The van der Waals surface area contributed by atoms with Crippen LogP contribution in [0.1, 0.15) is 13.3 Å². The van der Waals surface area contributed by atoms with Crippen LogP contribution in [0, 0.1) is 0 Å². The minimum atomic E-state index is 0.161. The molecule has 0 saturated carbocycles. The summed E-state index contributed by atoms with van der Waals surface area (Å²) in [5.74, 6) is 0.161. The summed E-state index contributed by atoms with van der Waals surface area (Å²) in [6.07, 6.45) is 7.64. The van der Waals surface area contributed by atoms with Crippen molar-refractivity contribution in [3.8, 4) is 0 Å². The van der Waals surface area contributed by atoms with E-state index in [1.54, 1.807) is 12.2 Å². The van der Waals surface area contributed by atoms with Gasteiger partial charge in [0.15, 0.2) is 5.78 Å². The lowest BCUT2D eigenvalue weighted by atomic mass is 10.3. The average Bonchev–Trinajstić information content (AvgIpc) is 1.97. The van der Waals surface area contributed by atoms with Gasteiger partial charge in [-0.05, 0) is 18.4 Å². The molecule has 0 bridgehead atoms. The van der Waals surface area contributed by atoms with Crippen molar-refractivity contribution in [3.63, 3.8) is 0 Å². The van der Waals surface area contributed by atoms with Gasteiger partial charge in [-0.2, -0.15) is 0 Å². The predicted octanol–water partition coefficient (Wildman–Crippen LogP) is 1.60. The van der Waals surface area contributed by atoms with Crippen molar-refractivity contribution in [2.45, 2.75) is 13.3 Å². The Morgan fingerprint density at radius 3 is 2.45 bits per heavy atom. The molecule has 0 aliphatic carbocycles. The first-order chi connectivity index (χ1) is 5.16. The van der Waals surface area contributed by atoms with Crippen LogP contribution in [0.25, 0.3) is 0 Å². The molecule has 0 aromatic carbocycles. The number of allylic oxidation sites excluding steroid dienone is 3. The van der Waals surface area contributed by atoms with E-state index >= 15 is 0 Å². The molecule has 0 saturated heterocycles. The van der Waals surface area contributed by atoms with Gasteiger partial charge in [0.05, 0.1) is 0 Å². The summed E-state index contributed by atoms with van der Waals surface area (Å²) in [5, 5.41) is 0. The Morgan fingerprint density at radius 2 is 2.00 bits per heavy atom. The average molecular weight is 153 g/mol. The fourth-order valence-electron chi connectivity index (χ4n) is 0.503. The zero-order chi connectivity index (χ0) is 8.69. The second-order valence-electron chi connectivity index (χ2n) is 2.48. The van der Waals surface area contributed by atoms with Gasteiger partial charge in [0.2, 0.25) is 0 Å². The number of nitrogens with zero attached hydrogens (tertiary/aromatic N) is 1. The van der Waals surface area contributed by atoms with E-state index in [0.29, 0.717) is 6.42 Å². The zero-order valence-corrected chi connectivity index (χ0v) is 7.37. The van der Waals surface area contributed by atoms with Crippen molar-refractivity contribution < 1.29 is 4.79 Å². The molecule has 0 rings (SSSR count). The van der Waals surface area contributed by atoms with Crippen LogP contribution in [0.2, 0.25) is 0 Å². The van der Waals surface area contributed by atoms with Gasteiger partial charge < -0.3 is 4.90 Å². The predicted molar refractivity (Wildman–Crippen MR) is 47.3 cm³/mol. The third-order valence-electron chi connectivity index (χ3n) is 1.13. The van der Waals surface area contributed by atoms with Crippen LogP contribution in [0.15, 0.2) is 24.4 Å². The van der Waals surface area contributed by atoms with E-state index in [9.17, 15) is 4.79 Å². The highest BCUT2D eigenvalue weighted by Crippen LogP contribution is 1.85. The lowest BCUT2D eigenvalue weighted by molar-refractivity contribution is -0.114. The van der Waals surface area contributed by atoms with Crippen LogP contribution >= 0.6 is 0 Å². The topological polar surface area (TPSA) is 20.3 Å². The van der Waals surface area contributed by atoms with Gasteiger partial charge in [-0.3, -0.25) is 4.79 Å². The Labute approximate surface area is 68.2 Å². The van der Waals surface area contributed by atoms with Crippen LogP contribution in [0.4, 0.5) is 0 Å². The summed E-state index contributed by atoms with van der Waals surface area (Å²) >= 11 is 0. The minimum Gasteiger partial charge on any atom is -0.383 e. The first-order valence-corrected chi connectivity index (χ1v) is 3.71. The maximum atomic E-state index is 10.7. The monoisotopic (exact) mass is 153 g/mol. The summed E-state index contributed by atoms with van der Waals surface area (Å²) in [4.78, 5) is 12.6. The van der Waals surface area contributed by atoms with Gasteiger partial charge in [-0.25, -0.2) is 0 Å². The lowest BCUT2D eigenvalue weighted by Gasteiger charge is -2.00. The highest BCUT2D eigenvalue weighted by atomic mass is 16.1. The van der Waals surface area contributed by atoms with Crippen LogP contribution in [0.5, 0.6) is 0 Å². The number of carbonyl (C=O) groups excluding carboxylic acids is 1. The van der Waals surface area contributed by atoms with Crippen molar-refractivity contribution in [1.29, 1.82) is 0 Å². The molecule has 0 fully saturated rings. The lowest BCUT2D eigenvalue weighted by Crippen LogP contribution is -1.99. The molecular formula is C9H15NO. The molecule has 0 N–H and O–H groups in total. The standard InChI is InChI=1S/C9H15NO/c1-4-9(11)7-5-6-8-10(2)3/h5-8H,4H2,1-3H3/b7-5+,8-6+. The van der Waals surface area contributed by atoms with Gasteiger partial charge in [0.25, 0.3) is 0 Å². The molecule has 0 spiro atoms. The molecule has 2 heteroatoms. The third kappa shape index (κ3) is 6.84. The smallest absolute Gasteiger partial charge is 0.155 e. The van der Waals surface area contributed by atoms with Crippen molar-refractivity contribution in [2.75, 3.05) is 14.1 Å². The van der Waals surface area contributed by atoms with E-state index in [4.69, 9.17) is 0 Å². The second kappa shape index (κ2) is 5.71. The summed E-state index contributed by atoms with van der Waals surface area (Å²) in [6, 6.07) is 0. The van der Waals surface area contributed by atoms with Crippen LogP contribution in [-0.4, -0.2) is 24.8 Å². The molecule has 0 aliphatic rings. The fourth-order valence-corrected chi connectivity index (χ4v) is 0.503. The third-order valence-corrected chi connectivity index (χ3v) is 1.13. The number of ketones is 1. The summed E-state index contributed by atoms with van der Waals surface area (Å²) in [6.45, 7) is 1.85. The molecule has 0 unspecified atom stereocenters. The highest BCUT2D eigenvalue weighted by Gasteiger charge is 1.85. The fraction of sp³-hybridized carbons (Fsp3) is 0.444. The molecule has 11 heavy (non-hydrogen) atoms. The Bertz CT molecular complexity index is 168. The number of carbonyl (C=O) groups is 1. The molecule has 0 radical (unpaired) electrons. The quantitative estimate of drug-likeness (QED) is 0.451. The van der Waals surface area contributed by atoms with Gasteiger partial charge >= 0.3 is 0 Å². The van der Waals surface area contributed by atoms with Crippen molar-refractivity contribution in [3.05, 3.63) is 24.4 Å². The normalized spacial score (nSPS) is 11.2. The Balaban J connectivity index is 3.68. The van der Waals surface area contributed by atoms with Crippen molar-refractivity contribution in [1.82, 2.24) is 4.90 Å². The van der Waals surface area contributed by atoms with Crippen LogP contribution in [0.3, 0.4) is 0 Å². The maximum Gasteiger partial charge on any atom is 0.155 e. The van der Waals surface area contributed by atoms with Gasteiger partial charge in [0.1, 0.15) is 0 Å². The Hall–Kier alpha value is -1.05. The molecular weight excluding hydrogens is 138 g/mol. The van der Waals surface area contributed by atoms with Crippen LogP contribution < -0.4 is 0 Å². The first kappa shape index (κ1) is 9.95. The van der Waals surface area contributed by atoms with E-state index in [1.807, 2.05) is 38.2 Å². The van der Waals surface area contributed by atoms with E-state index in [-0.39, 0.29) is 5.78 Å². The van der Waals surface area contributed by atoms with Gasteiger partial charge in [-0.15, -0.1) is 0 Å². The highest BCUT2D eigenvalue weighted by molar-refractivity contribution is 5.89. The van der Waals surface area contributed by atoms with Gasteiger partial charge in [-0.1, -0.05) is 13.0 Å². The molecule has 0 aromatic heterocycles. The first-order valence-electron chi connectivity index (χ1n) is 3.71. The SMILES string of the molecule is CCC(=O)/C=C/C=C/N(C)C. The number of hydrogen-bond acceptors (Lipinski definition) is 2. The van der Waals surface area contributed by atoms with E-state index in [0.717, 1.165) is 0 Å². The summed E-state index contributed by atoms with van der Waals surface area (Å²) in [5.41, 5.74) is 0. The molecule has 62 valence electrons. The molecule has 2 nitrogen and oxygen atoms in total. The molecule has 0 heterocycles. The van der Waals surface area contributed by atoms with Gasteiger partial charge in [0, 0.05) is 20.5 Å². The van der Waals surface area contributed by atoms with Crippen LogP contribution in [-0.2, 0) is 4.79 Å². The van der Waals surface area contributed by atoms with E-state index in [1.165, 1.54) is 0 Å². The Morgan fingerprint density at radius 1 is 1.36 bits per heavy atom. The summed E-state index contributed by atoms with van der Waals surface area (Å²) in [7, 11) is 3.87. The minimum absolute atomic E-state index is 0.161. The molecule has 0 aliphatic heterocycles.